The summed E-state index contributed by atoms with van der Waals surface area (Å²) in [6.45, 7) is 5.57. The fraction of sp³-hybridized carbons (Fsp3) is 0.435. The molecule has 1 aromatic heterocycles. The summed E-state index contributed by atoms with van der Waals surface area (Å²) in [7, 11) is 0. The minimum Gasteiger partial charge on any atom is -0.351 e. The average Bonchev–Trinajstić information content (AvgIpc) is 3.20. The summed E-state index contributed by atoms with van der Waals surface area (Å²) in [4.78, 5) is 31.1. The first-order valence-corrected chi connectivity index (χ1v) is 11.7. The second-order valence-electron chi connectivity index (χ2n) is 8.60. The van der Waals surface area contributed by atoms with Gasteiger partial charge < -0.3 is 21.3 Å². The van der Waals surface area contributed by atoms with E-state index in [1.165, 1.54) is 11.3 Å². The molecule has 2 atom stereocenters. The van der Waals surface area contributed by atoms with Crippen molar-refractivity contribution in [1.82, 2.24) is 15.1 Å². The van der Waals surface area contributed by atoms with E-state index in [4.69, 9.17) is 5.73 Å². The molecule has 1 saturated heterocycles. The second kappa shape index (κ2) is 9.28. The van der Waals surface area contributed by atoms with E-state index in [-0.39, 0.29) is 30.4 Å². The molecule has 0 bridgehead atoms. The molecule has 1 aromatic carbocycles. The van der Waals surface area contributed by atoms with Crippen LogP contribution in [-0.4, -0.2) is 53.1 Å². The number of hydrogen-bond donors (Lipinski definition) is 3. The van der Waals surface area contributed by atoms with Crippen molar-refractivity contribution in [1.29, 1.82) is 5.26 Å². The number of fused-ring (bicyclic) bond motifs is 1. The largest absolute Gasteiger partial charge is 0.351 e. The molecule has 0 radical (unpaired) electrons. The zero-order valence-corrected chi connectivity index (χ0v) is 19.1. The van der Waals surface area contributed by atoms with Crippen LogP contribution < -0.4 is 16.4 Å². The van der Waals surface area contributed by atoms with Crippen LogP contribution in [0, 0.1) is 11.3 Å². The first-order valence-electron chi connectivity index (χ1n) is 10.9. The van der Waals surface area contributed by atoms with Crippen LogP contribution in [0.25, 0.3) is 0 Å². The van der Waals surface area contributed by atoms with E-state index in [1.807, 2.05) is 32.0 Å². The summed E-state index contributed by atoms with van der Waals surface area (Å²) in [6.07, 6.45) is 1.51. The number of thiophene rings is 1. The van der Waals surface area contributed by atoms with Gasteiger partial charge in [0.2, 0.25) is 0 Å². The van der Waals surface area contributed by atoms with E-state index < -0.39 is 6.29 Å². The molecule has 0 spiro atoms. The van der Waals surface area contributed by atoms with Crippen LogP contribution >= 0.6 is 11.3 Å². The molecule has 168 valence electrons. The van der Waals surface area contributed by atoms with E-state index >= 15 is 0 Å². The fourth-order valence-electron chi connectivity index (χ4n) is 4.22. The van der Waals surface area contributed by atoms with Gasteiger partial charge in [-0.15, -0.1) is 11.3 Å². The first-order chi connectivity index (χ1) is 15.4. The minimum absolute atomic E-state index is 0.00635. The molecule has 4 N–H and O–H groups in total. The summed E-state index contributed by atoms with van der Waals surface area (Å²) >= 11 is 1.19. The number of piperidine rings is 1. The maximum atomic E-state index is 13.6. The number of anilines is 1. The molecule has 2 aromatic rings. The Morgan fingerprint density at radius 1 is 1.41 bits per heavy atom. The standard InChI is InChI=1S/C23H28N6O2S/c1-14(2)26-21(30)19-10-18-20(32-19)22(31)29(12-16-7-4-3-6-15(16)11-24)23(27-18)28-9-5-8-17(25)13-28/h3-4,6-7,10,14,17,23,27H,5,8-9,12-13,25H2,1-2H3,(H,26,30). The number of amides is 2. The maximum absolute atomic E-state index is 13.6. The van der Waals surface area contributed by atoms with Gasteiger partial charge in [-0.25, -0.2) is 0 Å². The highest BCUT2D eigenvalue weighted by Gasteiger charge is 2.39. The third-order valence-electron chi connectivity index (χ3n) is 5.72. The summed E-state index contributed by atoms with van der Waals surface area (Å²) in [5.74, 6) is -0.337. The topological polar surface area (TPSA) is 114 Å². The molecular weight excluding hydrogens is 424 g/mol. The first kappa shape index (κ1) is 22.3. The van der Waals surface area contributed by atoms with Crippen molar-refractivity contribution >= 4 is 28.8 Å². The van der Waals surface area contributed by atoms with Gasteiger partial charge >= 0.3 is 0 Å². The lowest BCUT2D eigenvalue weighted by molar-refractivity contribution is 0.0255. The van der Waals surface area contributed by atoms with Crippen molar-refractivity contribution in [3.05, 3.63) is 51.2 Å². The molecule has 2 aliphatic rings. The van der Waals surface area contributed by atoms with Gasteiger partial charge in [0.1, 0.15) is 4.88 Å². The summed E-state index contributed by atoms with van der Waals surface area (Å²) < 4.78 is 0. The number of nitriles is 1. The van der Waals surface area contributed by atoms with Crippen molar-refractivity contribution < 1.29 is 9.59 Å². The number of nitrogens with one attached hydrogen (secondary N) is 2. The molecule has 8 nitrogen and oxygen atoms in total. The van der Waals surface area contributed by atoms with Crippen LogP contribution in [0.3, 0.4) is 0 Å². The minimum atomic E-state index is -0.399. The summed E-state index contributed by atoms with van der Waals surface area (Å²) in [6, 6.07) is 11.3. The van der Waals surface area contributed by atoms with E-state index in [9.17, 15) is 14.9 Å². The third-order valence-corrected chi connectivity index (χ3v) is 6.85. The van der Waals surface area contributed by atoms with Gasteiger partial charge in [0.15, 0.2) is 6.29 Å². The van der Waals surface area contributed by atoms with Gasteiger partial charge in [-0.1, -0.05) is 18.2 Å². The van der Waals surface area contributed by atoms with E-state index in [0.717, 1.165) is 24.9 Å². The summed E-state index contributed by atoms with van der Waals surface area (Å²) in [5, 5.41) is 15.9. The lowest BCUT2D eigenvalue weighted by Gasteiger charge is -2.45. The zero-order chi connectivity index (χ0) is 22.8. The Bertz CT molecular complexity index is 1060. The molecule has 4 rings (SSSR count). The summed E-state index contributed by atoms with van der Waals surface area (Å²) in [5.41, 5.74) is 8.23. The molecule has 0 aliphatic carbocycles. The van der Waals surface area contributed by atoms with Gasteiger partial charge in [0, 0.05) is 25.2 Å². The molecule has 2 unspecified atom stereocenters. The Morgan fingerprint density at radius 3 is 2.91 bits per heavy atom. The van der Waals surface area contributed by atoms with Crippen molar-refractivity contribution in [2.45, 2.75) is 51.6 Å². The number of carbonyl (C=O) groups is 2. The zero-order valence-electron chi connectivity index (χ0n) is 18.3. The molecule has 9 heteroatoms. The van der Waals surface area contributed by atoms with Crippen molar-refractivity contribution in [2.24, 2.45) is 5.73 Å². The van der Waals surface area contributed by atoms with E-state index in [0.29, 0.717) is 27.5 Å². The normalized spacial score (nSPS) is 21.1. The lowest BCUT2D eigenvalue weighted by atomic mass is 10.1. The molecule has 0 saturated carbocycles. The quantitative estimate of drug-likeness (QED) is 0.642. The Morgan fingerprint density at radius 2 is 2.19 bits per heavy atom. The predicted octanol–water partition coefficient (Wildman–Crippen LogP) is 2.53. The Hall–Kier alpha value is -2.93. The predicted molar refractivity (Wildman–Crippen MR) is 124 cm³/mol. The molecule has 32 heavy (non-hydrogen) atoms. The number of nitrogens with zero attached hydrogens (tertiary/aromatic N) is 3. The molecular formula is C23H28N6O2S. The van der Waals surface area contributed by atoms with E-state index in [1.54, 1.807) is 17.0 Å². The molecule has 1 fully saturated rings. The van der Waals surface area contributed by atoms with Gasteiger partial charge in [-0.05, 0) is 44.4 Å². The smallest absolute Gasteiger partial charge is 0.269 e. The third kappa shape index (κ3) is 4.48. The van der Waals surface area contributed by atoms with E-state index in [2.05, 4.69) is 21.6 Å². The second-order valence-corrected chi connectivity index (χ2v) is 9.65. The highest BCUT2D eigenvalue weighted by Crippen LogP contribution is 2.35. The van der Waals surface area contributed by atoms with Gasteiger partial charge in [0.05, 0.1) is 28.7 Å². The van der Waals surface area contributed by atoms with Crippen molar-refractivity contribution in [3.63, 3.8) is 0 Å². The number of benzene rings is 1. The molecule has 2 amide bonds. The maximum Gasteiger partial charge on any atom is 0.269 e. The fourth-order valence-corrected chi connectivity index (χ4v) is 5.20. The highest BCUT2D eigenvalue weighted by atomic mass is 32.1. The SMILES string of the molecule is CC(C)NC(=O)c1cc2c(s1)C(=O)N(Cc1ccccc1C#N)C(N1CCCC(N)C1)N2. The van der Waals surface area contributed by atoms with Crippen LogP contribution in [-0.2, 0) is 6.54 Å². The molecule has 2 aliphatic heterocycles. The average molecular weight is 453 g/mol. The van der Waals surface area contributed by atoms with Crippen LogP contribution in [0.15, 0.2) is 30.3 Å². The number of likely N-dealkylation sites (tertiary alicyclic amines) is 1. The number of rotatable bonds is 5. The van der Waals surface area contributed by atoms with Crippen LogP contribution in [0.2, 0.25) is 0 Å². The van der Waals surface area contributed by atoms with Gasteiger partial charge in [0.25, 0.3) is 11.8 Å². The van der Waals surface area contributed by atoms with Crippen molar-refractivity contribution in [2.75, 3.05) is 18.4 Å². The van der Waals surface area contributed by atoms with Crippen molar-refractivity contribution in [3.8, 4) is 6.07 Å². The Kier molecular flexibility index (Phi) is 6.46. The highest BCUT2D eigenvalue weighted by molar-refractivity contribution is 7.16. The Labute approximate surface area is 192 Å². The number of nitrogens with two attached hydrogens (primary N) is 1. The van der Waals surface area contributed by atoms with Gasteiger partial charge in [-0.3, -0.25) is 14.5 Å². The van der Waals surface area contributed by atoms with Crippen LogP contribution in [0.1, 0.15) is 57.2 Å². The number of hydrogen-bond acceptors (Lipinski definition) is 7. The Balaban J connectivity index is 1.69. The monoisotopic (exact) mass is 452 g/mol. The van der Waals surface area contributed by atoms with Gasteiger partial charge in [-0.2, -0.15) is 5.26 Å². The molecule has 3 heterocycles. The lowest BCUT2D eigenvalue weighted by Crippen LogP contribution is -2.60. The van der Waals surface area contributed by atoms with Crippen LogP contribution in [0.5, 0.6) is 0 Å². The van der Waals surface area contributed by atoms with Crippen LogP contribution in [0.4, 0.5) is 5.69 Å². The number of carbonyl (C=O) groups excluding carboxylic acids is 2.